The molecule has 1 aromatic rings. The summed E-state index contributed by atoms with van der Waals surface area (Å²) in [6.45, 7) is 10.1. The van der Waals surface area contributed by atoms with Crippen molar-refractivity contribution in [3.8, 4) is 0 Å². The number of guanidine groups is 1. The van der Waals surface area contributed by atoms with E-state index >= 15 is 0 Å². The number of hydrogen-bond donors (Lipinski definition) is 3. The molecule has 0 unspecified atom stereocenters. The van der Waals surface area contributed by atoms with Crippen LogP contribution < -0.4 is 16.0 Å². The molecule has 0 aliphatic heterocycles. The highest BCUT2D eigenvalue weighted by molar-refractivity contribution is 5.79. The Hall–Kier alpha value is -2.38. The van der Waals surface area contributed by atoms with Gasteiger partial charge in [0.1, 0.15) is 11.4 Å². The molecule has 1 amide bonds. The van der Waals surface area contributed by atoms with Crippen LogP contribution in [-0.2, 0) is 11.3 Å². The highest BCUT2D eigenvalue weighted by Crippen LogP contribution is 2.16. The minimum absolute atomic E-state index is 0.205. The Kier molecular flexibility index (Phi) is 8.46. The Labute approximate surface area is 161 Å². The number of carbonyl (C=O) groups excluding carboxylic acids is 1. The van der Waals surface area contributed by atoms with Crippen molar-refractivity contribution in [2.24, 2.45) is 4.99 Å². The minimum atomic E-state index is -0.560. The van der Waals surface area contributed by atoms with E-state index in [0.717, 1.165) is 0 Å². The minimum Gasteiger partial charge on any atom is -0.444 e. The molecular weight excluding hydrogens is 349 g/mol. The van der Waals surface area contributed by atoms with Gasteiger partial charge in [0.2, 0.25) is 0 Å². The Morgan fingerprint density at radius 1 is 1.26 bits per heavy atom. The van der Waals surface area contributed by atoms with Crippen molar-refractivity contribution in [1.29, 1.82) is 0 Å². The first-order valence-corrected chi connectivity index (χ1v) is 9.19. The number of nitrogens with one attached hydrogen (secondary N) is 3. The van der Waals surface area contributed by atoms with E-state index in [0.29, 0.717) is 31.0 Å². The van der Waals surface area contributed by atoms with E-state index in [1.807, 2.05) is 34.6 Å². The third kappa shape index (κ3) is 7.80. The van der Waals surface area contributed by atoms with Crippen molar-refractivity contribution < 1.29 is 13.9 Å². The van der Waals surface area contributed by atoms with Gasteiger partial charge in [-0.05, 0) is 45.7 Å². The summed E-state index contributed by atoms with van der Waals surface area (Å²) >= 11 is 0. The second kappa shape index (κ2) is 10.1. The van der Waals surface area contributed by atoms with Crippen LogP contribution in [0.1, 0.15) is 53.2 Å². The summed E-state index contributed by atoms with van der Waals surface area (Å²) in [6.07, 6.45) is 2.51. The lowest BCUT2D eigenvalue weighted by Crippen LogP contribution is -2.57. The molecule has 0 saturated carbocycles. The molecule has 0 atom stereocenters. The number of hydrogen-bond acceptors (Lipinski definition) is 4. The maximum Gasteiger partial charge on any atom is 0.408 e. The fraction of sp³-hybridized carbons (Fsp3) is 0.632. The van der Waals surface area contributed by atoms with Gasteiger partial charge in [-0.2, -0.15) is 0 Å². The molecule has 0 saturated heterocycles. The highest BCUT2D eigenvalue weighted by Gasteiger charge is 2.30. The van der Waals surface area contributed by atoms with Crippen LogP contribution >= 0.6 is 0 Å². The monoisotopic (exact) mass is 381 g/mol. The van der Waals surface area contributed by atoms with Crippen LogP contribution in [0.5, 0.6) is 0 Å². The molecule has 152 valence electrons. The van der Waals surface area contributed by atoms with Crippen molar-refractivity contribution in [2.75, 3.05) is 13.6 Å². The molecule has 0 aromatic carbocycles. The number of carbonyl (C=O) groups is 1. The van der Waals surface area contributed by atoms with Gasteiger partial charge in [0.25, 0.3) is 0 Å². The van der Waals surface area contributed by atoms with Crippen LogP contribution in [0.25, 0.3) is 0 Å². The fourth-order valence-electron chi connectivity index (χ4n) is 2.43. The fourth-order valence-corrected chi connectivity index (χ4v) is 2.43. The Balaban J connectivity index is 2.67. The van der Waals surface area contributed by atoms with Gasteiger partial charge in [0.15, 0.2) is 5.96 Å². The first-order chi connectivity index (χ1) is 12.6. The Morgan fingerprint density at radius 3 is 2.44 bits per heavy atom. The summed E-state index contributed by atoms with van der Waals surface area (Å²) in [5, 5.41) is 9.19. The van der Waals surface area contributed by atoms with Crippen LogP contribution in [0.2, 0.25) is 0 Å². The van der Waals surface area contributed by atoms with E-state index in [1.54, 1.807) is 19.3 Å². The van der Waals surface area contributed by atoms with Gasteiger partial charge in [-0.15, -0.1) is 0 Å². The molecule has 1 heterocycles. The lowest BCUT2D eigenvalue weighted by molar-refractivity contribution is 0.0448. The molecule has 8 heteroatoms. The number of pyridine rings is 1. The molecule has 3 N–H and O–H groups in total. The maximum absolute atomic E-state index is 13.7. The van der Waals surface area contributed by atoms with Crippen molar-refractivity contribution in [1.82, 2.24) is 20.9 Å². The average molecular weight is 381 g/mol. The third-order valence-electron chi connectivity index (χ3n) is 4.20. The first-order valence-electron chi connectivity index (χ1n) is 9.19. The van der Waals surface area contributed by atoms with Gasteiger partial charge in [0, 0.05) is 19.8 Å². The van der Waals surface area contributed by atoms with E-state index in [4.69, 9.17) is 4.74 Å². The van der Waals surface area contributed by atoms with E-state index in [9.17, 15) is 9.18 Å². The maximum atomic E-state index is 13.7. The normalized spacial score (nSPS) is 12.5. The quantitative estimate of drug-likeness (QED) is 0.499. The van der Waals surface area contributed by atoms with Gasteiger partial charge < -0.3 is 20.7 Å². The summed E-state index contributed by atoms with van der Waals surface area (Å²) in [7, 11) is 1.63. The zero-order valence-corrected chi connectivity index (χ0v) is 17.1. The van der Waals surface area contributed by atoms with Crippen LogP contribution in [0.4, 0.5) is 9.18 Å². The number of aromatic nitrogens is 1. The molecule has 0 radical (unpaired) electrons. The van der Waals surface area contributed by atoms with Gasteiger partial charge in [-0.25, -0.2) is 9.18 Å². The number of aliphatic imine (C=N–C) groups is 1. The standard InChI is InChI=1S/C19H32FN5O2/c1-7-19(8-2,25-17(26)27-18(3,4)5)13-24-16(21-6)23-12-15-14(20)10-9-11-22-15/h9-11H,7-8,12-13H2,1-6H3,(H,25,26)(H2,21,23,24). The zero-order chi connectivity index (χ0) is 20.5. The largest absolute Gasteiger partial charge is 0.444 e. The number of rotatable bonds is 7. The molecule has 27 heavy (non-hydrogen) atoms. The molecule has 0 aliphatic carbocycles. The molecule has 0 spiro atoms. The second-order valence-electron chi connectivity index (χ2n) is 7.33. The summed E-state index contributed by atoms with van der Waals surface area (Å²) in [5.74, 6) is 0.126. The third-order valence-corrected chi connectivity index (χ3v) is 4.20. The van der Waals surface area contributed by atoms with Crippen LogP contribution in [0.3, 0.4) is 0 Å². The first kappa shape index (κ1) is 22.7. The molecule has 1 rings (SSSR count). The van der Waals surface area contributed by atoms with Gasteiger partial charge in [0.05, 0.1) is 17.8 Å². The zero-order valence-electron chi connectivity index (χ0n) is 17.1. The number of halogens is 1. The van der Waals surface area contributed by atoms with Crippen molar-refractivity contribution in [3.05, 3.63) is 29.8 Å². The van der Waals surface area contributed by atoms with Gasteiger partial charge >= 0.3 is 6.09 Å². The second-order valence-corrected chi connectivity index (χ2v) is 7.33. The smallest absolute Gasteiger partial charge is 0.408 e. The van der Waals surface area contributed by atoms with Gasteiger partial charge in [-0.3, -0.25) is 9.98 Å². The van der Waals surface area contributed by atoms with Crippen LogP contribution in [0.15, 0.2) is 23.3 Å². The molecular formula is C19H32FN5O2. The van der Waals surface area contributed by atoms with Crippen molar-refractivity contribution >= 4 is 12.1 Å². The summed E-state index contributed by atoms with van der Waals surface area (Å²) in [5.41, 5.74) is -0.741. The van der Waals surface area contributed by atoms with E-state index < -0.39 is 17.2 Å². The topological polar surface area (TPSA) is 87.6 Å². The highest BCUT2D eigenvalue weighted by atomic mass is 19.1. The van der Waals surface area contributed by atoms with Gasteiger partial charge in [-0.1, -0.05) is 13.8 Å². The molecule has 7 nitrogen and oxygen atoms in total. The van der Waals surface area contributed by atoms with Crippen molar-refractivity contribution in [2.45, 2.75) is 65.1 Å². The predicted molar refractivity (Wildman–Crippen MR) is 105 cm³/mol. The Morgan fingerprint density at radius 2 is 1.93 bits per heavy atom. The number of ether oxygens (including phenoxy) is 1. The van der Waals surface area contributed by atoms with Crippen LogP contribution in [0, 0.1) is 5.82 Å². The molecule has 0 fully saturated rings. The lowest BCUT2D eigenvalue weighted by atomic mass is 9.93. The molecule has 0 bridgehead atoms. The molecule has 1 aromatic heterocycles. The van der Waals surface area contributed by atoms with E-state index in [-0.39, 0.29) is 12.4 Å². The van der Waals surface area contributed by atoms with Crippen LogP contribution in [-0.4, -0.2) is 41.8 Å². The van der Waals surface area contributed by atoms with Crippen molar-refractivity contribution in [3.63, 3.8) is 0 Å². The summed E-state index contributed by atoms with van der Waals surface area (Å²) < 4.78 is 19.1. The number of alkyl carbamates (subject to hydrolysis) is 1. The Bertz CT molecular complexity index is 639. The SMILES string of the molecule is CCC(CC)(CNC(=NC)NCc1ncccc1F)NC(=O)OC(C)(C)C. The van der Waals surface area contributed by atoms with E-state index in [1.165, 1.54) is 6.07 Å². The number of amides is 1. The summed E-state index contributed by atoms with van der Waals surface area (Å²) in [6, 6.07) is 2.91. The molecule has 0 aliphatic rings. The number of nitrogens with zero attached hydrogens (tertiary/aromatic N) is 2. The average Bonchev–Trinajstić information content (AvgIpc) is 2.60. The lowest BCUT2D eigenvalue weighted by Gasteiger charge is -2.34. The predicted octanol–water partition coefficient (Wildman–Crippen LogP) is 2.97. The van der Waals surface area contributed by atoms with E-state index in [2.05, 4.69) is 25.9 Å². The summed E-state index contributed by atoms with van der Waals surface area (Å²) in [4.78, 5) is 20.3.